The zero-order valence-corrected chi connectivity index (χ0v) is 11.0. The Labute approximate surface area is 114 Å². The van der Waals surface area contributed by atoms with E-state index in [0.717, 1.165) is 5.56 Å². The molecule has 0 radical (unpaired) electrons. The number of halogens is 2. The lowest BCUT2D eigenvalue weighted by Crippen LogP contribution is -2.12. The van der Waals surface area contributed by atoms with Crippen molar-refractivity contribution in [2.75, 3.05) is 17.9 Å². The maximum absolute atomic E-state index is 13.7. The van der Waals surface area contributed by atoms with Gasteiger partial charge in [-0.15, -0.1) is 0 Å². The van der Waals surface area contributed by atoms with E-state index in [1.54, 1.807) is 12.1 Å². The van der Waals surface area contributed by atoms with Gasteiger partial charge in [0.05, 0.1) is 7.11 Å². The number of aromatic nitrogens is 1. The molecule has 4 N–H and O–H groups in total. The molecule has 1 aromatic heterocycles. The molecule has 0 fully saturated rings. The molecule has 2 aromatic rings. The third-order valence-electron chi connectivity index (χ3n) is 2.76. The Morgan fingerprint density at radius 2 is 1.85 bits per heavy atom. The Bertz CT molecular complexity index is 634. The van der Waals surface area contributed by atoms with E-state index in [-0.39, 0.29) is 11.6 Å². The third kappa shape index (κ3) is 2.77. The number of aryl methyl sites for hydroxylation is 1. The van der Waals surface area contributed by atoms with Gasteiger partial charge in [0.25, 0.3) is 0 Å². The van der Waals surface area contributed by atoms with Gasteiger partial charge in [-0.2, -0.15) is 0 Å². The summed E-state index contributed by atoms with van der Waals surface area (Å²) in [4.78, 5) is 3.74. The van der Waals surface area contributed by atoms with E-state index in [9.17, 15) is 8.78 Å². The van der Waals surface area contributed by atoms with Gasteiger partial charge < -0.3 is 15.5 Å². The number of hydrazine groups is 1. The number of pyridine rings is 1. The SMILES string of the molecule is COc1ccc(C)c(Nc2nc(NN)c(F)cc2F)c1. The van der Waals surface area contributed by atoms with E-state index < -0.39 is 11.6 Å². The molecule has 0 saturated heterocycles. The first kappa shape index (κ1) is 14.0. The molecule has 106 valence electrons. The summed E-state index contributed by atoms with van der Waals surface area (Å²) in [5.74, 6) is 3.68. The van der Waals surface area contributed by atoms with Crippen molar-refractivity contribution in [3.05, 3.63) is 41.5 Å². The van der Waals surface area contributed by atoms with Crippen molar-refractivity contribution in [1.29, 1.82) is 0 Å². The second-order valence-electron chi connectivity index (χ2n) is 4.10. The molecule has 1 heterocycles. The first-order valence-electron chi connectivity index (χ1n) is 5.79. The molecular weight excluding hydrogens is 266 g/mol. The topological polar surface area (TPSA) is 72.2 Å². The molecule has 0 unspecified atom stereocenters. The van der Waals surface area contributed by atoms with Gasteiger partial charge in [-0.25, -0.2) is 19.6 Å². The Morgan fingerprint density at radius 1 is 1.15 bits per heavy atom. The molecule has 7 heteroatoms. The number of rotatable bonds is 4. The van der Waals surface area contributed by atoms with Gasteiger partial charge in [0.2, 0.25) is 0 Å². The van der Waals surface area contributed by atoms with Crippen LogP contribution >= 0.6 is 0 Å². The van der Waals surface area contributed by atoms with Crippen molar-refractivity contribution in [2.45, 2.75) is 6.92 Å². The smallest absolute Gasteiger partial charge is 0.178 e. The lowest BCUT2D eigenvalue weighted by molar-refractivity contribution is 0.415. The van der Waals surface area contributed by atoms with Gasteiger partial charge in [0.1, 0.15) is 5.75 Å². The van der Waals surface area contributed by atoms with Crippen LogP contribution in [-0.2, 0) is 0 Å². The summed E-state index contributed by atoms with van der Waals surface area (Å²) in [6, 6.07) is 5.99. The maximum atomic E-state index is 13.7. The molecule has 20 heavy (non-hydrogen) atoms. The number of methoxy groups -OCH3 is 1. The van der Waals surface area contributed by atoms with Crippen molar-refractivity contribution in [3.8, 4) is 5.75 Å². The first-order chi connectivity index (χ1) is 9.55. The van der Waals surface area contributed by atoms with E-state index >= 15 is 0 Å². The summed E-state index contributed by atoms with van der Waals surface area (Å²) in [6.45, 7) is 1.84. The molecule has 0 saturated carbocycles. The molecule has 0 spiro atoms. The highest BCUT2D eigenvalue weighted by atomic mass is 19.1. The van der Waals surface area contributed by atoms with Crippen molar-refractivity contribution in [1.82, 2.24) is 4.98 Å². The van der Waals surface area contributed by atoms with Crippen LogP contribution in [0.15, 0.2) is 24.3 Å². The molecule has 0 bridgehead atoms. The van der Waals surface area contributed by atoms with Crippen LogP contribution in [0, 0.1) is 18.6 Å². The predicted molar refractivity (Wildman–Crippen MR) is 73.0 cm³/mol. The van der Waals surface area contributed by atoms with Crippen LogP contribution in [-0.4, -0.2) is 12.1 Å². The predicted octanol–water partition coefficient (Wildman–Crippen LogP) is 2.71. The zero-order chi connectivity index (χ0) is 14.7. The van der Waals surface area contributed by atoms with Crippen LogP contribution in [0.2, 0.25) is 0 Å². The number of nitrogens with zero attached hydrogens (tertiary/aromatic N) is 1. The van der Waals surface area contributed by atoms with E-state index in [2.05, 4.69) is 15.7 Å². The molecule has 0 aliphatic rings. The van der Waals surface area contributed by atoms with E-state index in [1.807, 2.05) is 13.0 Å². The molecule has 0 amide bonds. The maximum Gasteiger partial charge on any atom is 0.178 e. The number of nitrogen functional groups attached to an aromatic ring is 1. The van der Waals surface area contributed by atoms with Crippen LogP contribution < -0.4 is 21.3 Å². The number of ether oxygens (including phenoxy) is 1. The minimum absolute atomic E-state index is 0.129. The highest BCUT2D eigenvalue weighted by Gasteiger charge is 2.12. The lowest BCUT2D eigenvalue weighted by atomic mass is 10.2. The fourth-order valence-electron chi connectivity index (χ4n) is 1.65. The summed E-state index contributed by atoms with van der Waals surface area (Å²) in [6.07, 6.45) is 0. The minimum Gasteiger partial charge on any atom is -0.497 e. The minimum atomic E-state index is -0.863. The fraction of sp³-hybridized carbons (Fsp3) is 0.154. The fourth-order valence-corrected chi connectivity index (χ4v) is 1.65. The molecule has 0 atom stereocenters. The van der Waals surface area contributed by atoms with Crippen LogP contribution in [0.4, 0.5) is 26.1 Å². The van der Waals surface area contributed by atoms with E-state index in [1.165, 1.54) is 7.11 Å². The molecule has 0 aliphatic heterocycles. The third-order valence-corrected chi connectivity index (χ3v) is 2.76. The number of hydrogen-bond donors (Lipinski definition) is 3. The summed E-state index contributed by atoms with van der Waals surface area (Å²) in [7, 11) is 1.53. The highest BCUT2D eigenvalue weighted by molar-refractivity contribution is 5.64. The van der Waals surface area contributed by atoms with E-state index in [4.69, 9.17) is 10.6 Å². The van der Waals surface area contributed by atoms with Gasteiger partial charge in [0.15, 0.2) is 23.3 Å². The second-order valence-corrected chi connectivity index (χ2v) is 4.10. The van der Waals surface area contributed by atoms with Crippen molar-refractivity contribution < 1.29 is 13.5 Å². The van der Waals surface area contributed by atoms with Crippen LogP contribution in [0.5, 0.6) is 5.75 Å². The van der Waals surface area contributed by atoms with E-state index in [0.29, 0.717) is 17.5 Å². The lowest BCUT2D eigenvalue weighted by Gasteiger charge is -2.12. The van der Waals surface area contributed by atoms with Crippen LogP contribution in [0.3, 0.4) is 0 Å². The second kappa shape index (κ2) is 5.70. The van der Waals surface area contributed by atoms with Gasteiger partial charge in [-0.3, -0.25) is 0 Å². The Kier molecular flexibility index (Phi) is 3.99. The number of hydrogen-bond acceptors (Lipinski definition) is 5. The summed E-state index contributed by atoms with van der Waals surface area (Å²) in [5, 5.41) is 2.79. The largest absolute Gasteiger partial charge is 0.497 e. The number of benzene rings is 1. The summed E-state index contributed by atoms with van der Waals surface area (Å²) < 4.78 is 32.1. The molecule has 0 aliphatic carbocycles. The van der Waals surface area contributed by atoms with Crippen LogP contribution in [0.1, 0.15) is 5.56 Å². The monoisotopic (exact) mass is 280 g/mol. The Morgan fingerprint density at radius 3 is 2.50 bits per heavy atom. The Balaban J connectivity index is 2.39. The number of nitrogens with two attached hydrogens (primary N) is 1. The van der Waals surface area contributed by atoms with Crippen molar-refractivity contribution >= 4 is 17.3 Å². The molecular formula is C13H14F2N4O. The van der Waals surface area contributed by atoms with Crippen LogP contribution in [0.25, 0.3) is 0 Å². The quantitative estimate of drug-likeness (QED) is 0.593. The van der Waals surface area contributed by atoms with Crippen molar-refractivity contribution in [3.63, 3.8) is 0 Å². The average molecular weight is 280 g/mol. The molecule has 2 rings (SSSR count). The first-order valence-corrected chi connectivity index (χ1v) is 5.79. The number of nitrogens with one attached hydrogen (secondary N) is 2. The normalized spacial score (nSPS) is 10.2. The standard InChI is InChI=1S/C13H14F2N4O/c1-7-3-4-8(20-2)5-11(7)17-12-9(14)6-10(15)13(18-12)19-16/h3-6H,16H2,1-2H3,(H2,17,18,19). The molecule has 5 nitrogen and oxygen atoms in total. The summed E-state index contributed by atoms with van der Waals surface area (Å²) in [5.41, 5.74) is 3.53. The van der Waals surface area contributed by atoms with Gasteiger partial charge in [-0.1, -0.05) is 6.07 Å². The number of anilines is 3. The van der Waals surface area contributed by atoms with Crippen molar-refractivity contribution in [2.24, 2.45) is 5.84 Å². The average Bonchev–Trinajstić information content (AvgIpc) is 2.44. The molecule has 1 aromatic carbocycles. The summed E-state index contributed by atoms with van der Waals surface area (Å²) >= 11 is 0. The zero-order valence-electron chi connectivity index (χ0n) is 11.0. The van der Waals surface area contributed by atoms with Gasteiger partial charge in [-0.05, 0) is 18.6 Å². The Hall–Kier alpha value is -2.41. The highest BCUT2D eigenvalue weighted by Crippen LogP contribution is 2.27. The van der Waals surface area contributed by atoms with Gasteiger partial charge >= 0.3 is 0 Å². The van der Waals surface area contributed by atoms with Gasteiger partial charge in [0, 0.05) is 17.8 Å².